The maximum Gasteiger partial charge on any atom is 0.307 e. The highest BCUT2D eigenvalue weighted by Crippen LogP contribution is 2.59. The fourth-order valence-corrected chi connectivity index (χ4v) is 3.29. The topological polar surface area (TPSA) is 57.6 Å². The minimum Gasteiger partial charge on any atom is -0.481 e. The number of hydrogen-bond acceptors (Lipinski definition) is 2. The average molecular weight is 253 g/mol. The van der Waals surface area contributed by atoms with Crippen LogP contribution in [0.1, 0.15) is 46.0 Å². The first-order chi connectivity index (χ1) is 8.50. The van der Waals surface area contributed by atoms with Gasteiger partial charge in [0.25, 0.3) is 0 Å². The summed E-state index contributed by atoms with van der Waals surface area (Å²) in [5.41, 5.74) is 0.0244. The molecule has 0 bridgehead atoms. The van der Waals surface area contributed by atoms with Gasteiger partial charge in [0.2, 0.25) is 5.91 Å². The quantitative estimate of drug-likeness (QED) is 0.835. The van der Waals surface area contributed by atoms with E-state index in [1.165, 1.54) is 0 Å². The number of carbonyl (C=O) groups excluding carboxylic acids is 1. The Labute approximate surface area is 108 Å². The number of carboxylic acids is 1. The highest BCUT2D eigenvalue weighted by Gasteiger charge is 2.59. The van der Waals surface area contributed by atoms with Gasteiger partial charge in [-0.15, -0.1) is 0 Å². The van der Waals surface area contributed by atoms with Crippen LogP contribution in [0.4, 0.5) is 0 Å². The molecule has 1 amide bonds. The number of aliphatic carboxylic acids is 1. The second-order valence-electron chi connectivity index (χ2n) is 5.97. The normalized spacial score (nSPS) is 27.0. The lowest BCUT2D eigenvalue weighted by molar-refractivity contribution is -0.140. The number of likely N-dealkylation sites (tertiary alicyclic amines) is 1. The minimum absolute atomic E-state index is 0.0244. The first kappa shape index (κ1) is 13.4. The highest BCUT2D eigenvalue weighted by atomic mass is 16.4. The molecule has 2 aliphatic rings. The molecule has 1 heterocycles. The van der Waals surface area contributed by atoms with Gasteiger partial charge in [0.05, 0.1) is 5.92 Å². The molecule has 0 radical (unpaired) electrons. The first-order valence-electron chi connectivity index (χ1n) is 7.02. The summed E-state index contributed by atoms with van der Waals surface area (Å²) in [6.45, 7) is 5.58. The Bertz CT molecular complexity index is 345. The monoisotopic (exact) mass is 253 g/mol. The van der Waals surface area contributed by atoms with Crippen LogP contribution < -0.4 is 0 Å². The van der Waals surface area contributed by atoms with Crippen LogP contribution in [0.2, 0.25) is 0 Å². The number of amides is 1. The van der Waals surface area contributed by atoms with Crippen molar-refractivity contribution < 1.29 is 14.7 Å². The summed E-state index contributed by atoms with van der Waals surface area (Å²) in [5.74, 6) is -0.449. The van der Waals surface area contributed by atoms with Gasteiger partial charge in [-0.3, -0.25) is 9.59 Å². The number of piperidine rings is 1. The largest absolute Gasteiger partial charge is 0.481 e. The first-order valence-corrected chi connectivity index (χ1v) is 7.02. The van der Waals surface area contributed by atoms with Crippen LogP contribution in [0.5, 0.6) is 0 Å². The Morgan fingerprint density at radius 2 is 2.00 bits per heavy atom. The van der Waals surface area contributed by atoms with Crippen LogP contribution >= 0.6 is 0 Å². The van der Waals surface area contributed by atoms with Gasteiger partial charge in [-0.05, 0) is 31.1 Å². The molecule has 2 unspecified atom stereocenters. The summed E-state index contributed by atoms with van der Waals surface area (Å²) in [5, 5.41) is 9.02. The van der Waals surface area contributed by atoms with Crippen molar-refractivity contribution in [3.8, 4) is 0 Å². The molecule has 1 N–H and O–H groups in total. The third-order valence-electron chi connectivity index (χ3n) is 4.70. The summed E-state index contributed by atoms with van der Waals surface area (Å²) in [7, 11) is 0. The summed E-state index contributed by atoms with van der Waals surface area (Å²) in [6, 6.07) is 0. The molecule has 0 aromatic carbocycles. The van der Waals surface area contributed by atoms with E-state index in [2.05, 4.69) is 6.92 Å². The van der Waals surface area contributed by atoms with Crippen molar-refractivity contribution in [3.05, 3.63) is 0 Å². The van der Waals surface area contributed by atoms with Crippen molar-refractivity contribution in [1.29, 1.82) is 0 Å². The molecule has 2 fully saturated rings. The van der Waals surface area contributed by atoms with Crippen LogP contribution in [0.3, 0.4) is 0 Å². The Morgan fingerprint density at radius 3 is 2.44 bits per heavy atom. The van der Waals surface area contributed by atoms with Gasteiger partial charge >= 0.3 is 5.97 Å². The van der Waals surface area contributed by atoms with Gasteiger partial charge < -0.3 is 10.0 Å². The number of rotatable bonds is 4. The molecular weight excluding hydrogens is 230 g/mol. The lowest BCUT2D eigenvalue weighted by atomic mass is 9.90. The molecule has 2 rings (SSSR count). The molecule has 4 nitrogen and oxygen atoms in total. The molecule has 0 aromatic heterocycles. The van der Waals surface area contributed by atoms with E-state index in [1.54, 1.807) is 0 Å². The summed E-state index contributed by atoms with van der Waals surface area (Å²) in [6.07, 6.45) is 4.53. The summed E-state index contributed by atoms with van der Waals surface area (Å²) < 4.78 is 0. The van der Waals surface area contributed by atoms with E-state index in [-0.39, 0.29) is 23.2 Å². The molecule has 1 aliphatic heterocycles. The van der Waals surface area contributed by atoms with E-state index in [1.807, 2.05) is 11.8 Å². The second-order valence-corrected chi connectivity index (χ2v) is 5.97. The Morgan fingerprint density at radius 1 is 1.39 bits per heavy atom. The van der Waals surface area contributed by atoms with Gasteiger partial charge in [0.1, 0.15) is 0 Å². The third kappa shape index (κ3) is 2.38. The number of nitrogens with zero attached hydrogens (tertiary/aromatic N) is 1. The predicted molar refractivity (Wildman–Crippen MR) is 68.1 cm³/mol. The highest BCUT2D eigenvalue weighted by molar-refractivity contribution is 5.79. The maximum absolute atomic E-state index is 12.1. The van der Waals surface area contributed by atoms with Gasteiger partial charge in [0, 0.05) is 19.0 Å². The zero-order chi connectivity index (χ0) is 13.3. The summed E-state index contributed by atoms with van der Waals surface area (Å²) in [4.78, 5) is 25.0. The SMILES string of the molecule is CCCC(C)C(=O)N1CCC2(CC1)CC2C(=O)O. The molecule has 18 heavy (non-hydrogen) atoms. The molecule has 1 saturated heterocycles. The third-order valence-corrected chi connectivity index (χ3v) is 4.70. The van der Waals surface area contributed by atoms with E-state index >= 15 is 0 Å². The van der Waals surface area contributed by atoms with Crippen LogP contribution in [0.25, 0.3) is 0 Å². The standard InChI is InChI=1S/C14H23NO3/c1-3-4-10(2)12(16)15-7-5-14(6-8-15)9-11(14)13(17)18/h10-11H,3-9H2,1-2H3,(H,17,18). The molecule has 1 spiro atoms. The van der Waals surface area contributed by atoms with Crippen molar-refractivity contribution in [3.63, 3.8) is 0 Å². The Balaban J connectivity index is 1.84. The number of carbonyl (C=O) groups is 2. The van der Waals surface area contributed by atoms with Gasteiger partial charge in [-0.2, -0.15) is 0 Å². The van der Waals surface area contributed by atoms with Gasteiger partial charge in [0.15, 0.2) is 0 Å². The number of carboxylic acid groups (broad SMARTS) is 1. The summed E-state index contributed by atoms with van der Waals surface area (Å²) >= 11 is 0. The fourth-order valence-electron chi connectivity index (χ4n) is 3.29. The second kappa shape index (κ2) is 4.90. The zero-order valence-corrected chi connectivity index (χ0v) is 11.3. The molecule has 102 valence electrons. The molecule has 1 aliphatic carbocycles. The lowest BCUT2D eigenvalue weighted by Crippen LogP contribution is -2.42. The van der Waals surface area contributed by atoms with E-state index in [4.69, 9.17) is 5.11 Å². The molecule has 4 heteroatoms. The van der Waals surface area contributed by atoms with Crippen LogP contribution in [0, 0.1) is 17.3 Å². The van der Waals surface area contributed by atoms with Crippen molar-refractivity contribution in [2.45, 2.75) is 46.0 Å². The van der Waals surface area contributed by atoms with Crippen molar-refractivity contribution in [2.24, 2.45) is 17.3 Å². The van der Waals surface area contributed by atoms with E-state index in [0.717, 1.165) is 45.2 Å². The molecular formula is C14H23NO3. The fraction of sp³-hybridized carbons (Fsp3) is 0.857. The van der Waals surface area contributed by atoms with E-state index < -0.39 is 5.97 Å². The van der Waals surface area contributed by atoms with E-state index in [9.17, 15) is 9.59 Å². The maximum atomic E-state index is 12.1. The Hall–Kier alpha value is -1.06. The van der Waals surface area contributed by atoms with Crippen LogP contribution in [-0.2, 0) is 9.59 Å². The predicted octanol–water partition coefficient (Wildman–Crippen LogP) is 2.14. The van der Waals surface area contributed by atoms with Crippen molar-refractivity contribution in [1.82, 2.24) is 4.90 Å². The minimum atomic E-state index is -0.658. The molecule has 0 aromatic rings. The van der Waals surface area contributed by atoms with Crippen LogP contribution in [-0.4, -0.2) is 35.0 Å². The molecule has 1 saturated carbocycles. The van der Waals surface area contributed by atoms with Crippen molar-refractivity contribution in [2.75, 3.05) is 13.1 Å². The molecule has 2 atom stereocenters. The van der Waals surface area contributed by atoms with Crippen molar-refractivity contribution >= 4 is 11.9 Å². The Kier molecular flexibility index (Phi) is 3.64. The van der Waals surface area contributed by atoms with Crippen LogP contribution in [0.15, 0.2) is 0 Å². The smallest absolute Gasteiger partial charge is 0.307 e. The van der Waals surface area contributed by atoms with Gasteiger partial charge in [-0.25, -0.2) is 0 Å². The number of hydrogen-bond donors (Lipinski definition) is 1. The lowest BCUT2D eigenvalue weighted by Gasteiger charge is -2.34. The zero-order valence-electron chi connectivity index (χ0n) is 11.3. The van der Waals surface area contributed by atoms with E-state index in [0.29, 0.717) is 0 Å². The average Bonchev–Trinajstić information content (AvgIpc) is 3.04. The van der Waals surface area contributed by atoms with Gasteiger partial charge in [-0.1, -0.05) is 20.3 Å².